The number of hydrogen-bond acceptors (Lipinski definition) is 3. The molecule has 0 saturated carbocycles. The maximum absolute atomic E-state index is 5.49. The minimum atomic E-state index is 0.476. The van der Waals surface area contributed by atoms with Gasteiger partial charge in [0.2, 0.25) is 0 Å². The summed E-state index contributed by atoms with van der Waals surface area (Å²) in [5.41, 5.74) is 4.97. The van der Waals surface area contributed by atoms with Crippen molar-refractivity contribution in [3.05, 3.63) is 52.7 Å². The van der Waals surface area contributed by atoms with Crippen LogP contribution >= 0.6 is 11.8 Å². The van der Waals surface area contributed by atoms with Gasteiger partial charge < -0.3 is 4.74 Å². The minimum absolute atomic E-state index is 0.476. The number of hydrogen-bond donors (Lipinski definition) is 0. The molecular weight excluding hydrogens is 254 g/mol. The summed E-state index contributed by atoms with van der Waals surface area (Å²) < 4.78 is 5.49. The predicted octanol–water partition coefficient (Wildman–Crippen LogP) is 4.10. The van der Waals surface area contributed by atoms with Crippen LogP contribution in [0.25, 0.3) is 0 Å². The van der Waals surface area contributed by atoms with Crippen molar-refractivity contribution in [2.45, 2.75) is 25.5 Å². The average molecular weight is 271 g/mol. The summed E-state index contributed by atoms with van der Waals surface area (Å²) in [7, 11) is 1.72. The Morgan fingerprint density at radius 1 is 1.26 bits per heavy atom. The van der Waals surface area contributed by atoms with Crippen molar-refractivity contribution < 1.29 is 4.74 Å². The van der Waals surface area contributed by atoms with Crippen molar-refractivity contribution in [2.75, 3.05) is 7.11 Å². The normalized spacial score (nSPS) is 21.4. The zero-order valence-electron chi connectivity index (χ0n) is 11.4. The maximum Gasteiger partial charge on any atom is 0.129 e. The summed E-state index contributed by atoms with van der Waals surface area (Å²) in [5, 5.41) is 1.57. The molecule has 1 atom stereocenters. The molecule has 3 heteroatoms. The maximum atomic E-state index is 5.49. The first kappa shape index (κ1) is 12.5. The van der Waals surface area contributed by atoms with E-state index in [0.29, 0.717) is 5.25 Å². The molecule has 3 rings (SSSR count). The lowest BCUT2D eigenvalue weighted by molar-refractivity contribution is 0.414. The van der Waals surface area contributed by atoms with E-state index in [0.717, 1.165) is 22.8 Å². The second kappa shape index (κ2) is 4.89. The van der Waals surface area contributed by atoms with Gasteiger partial charge in [-0.15, -0.1) is 0 Å². The molecule has 0 fully saturated rings. The Bertz CT molecular complexity index is 613. The SMILES string of the molecule is COc1cccc(C)c1C1=NC2=CC=C(C)CC2S1. The molecule has 1 aromatic rings. The Kier molecular flexibility index (Phi) is 3.23. The van der Waals surface area contributed by atoms with E-state index in [9.17, 15) is 0 Å². The highest BCUT2D eigenvalue weighted by atomic mass is 32.2. The van der Waals surface area contributed by atoms with Gasteiger partial charge in [-0.25, -0.2) is 4.99 Å². The van der Waals surface area contributed by atoms with Crippen molar-refractivity contribution in [1.29, 1.82) is 0 Å². The molecule has 1 aliphatic carbocycles. The van der Waals surface area contributed by atoms with Gasteiger partial charge in [-0.1, -0.05) is 35.5 Å². The van der Waals surface area contributed by atoms with Crippen LogP contribution in [0, 0.1) is 6.92 Å². The Balaban J connectivity index is 2.02. The fraction of sp³-hybridized carbons (Fsp3) is 0.312. The molecule has 1 aliphatic heterocycles. The third-order valence-electron chi connectivity index (χ3n) is 3.53. The molecule has 2 aliphatic rings. The topological polar surface area (TPSA) is 21.6 Å². The van der Waals surface area contributed by atoms with Crippen LogP contribution in [0.3, 0.4) is 0 Å². The molecule has 0 amide bonds. The van der Waals surface area contributed by atoms with Crippen LogP contribution in [0.5, 0.6) is 5.75 Å². The van der Waals surface area contributed by atoms with Crippen LogP contribution in [0.15, 0.2) is 46.6 Å². The van der Waals surface area contributed by atoms with Crippen molar-refractivity contribution in [3.8, 4) is 5.75 Å². The fourth-order valence-corrected chi connectivity index (χ4v) is 3.89. The second-order valence-electron chi connectivity index (χ2n) is 4.98. The summed E-state index contributed by atoms with van der Waals surface area (Å²) in [6.07, 6.45) is 5.42. The van der Waals surface area contributed by atoms with Gasteiger partial charge in [0, 0.05) is 0 Å². The van der Waals surface area contributed by atoms with E-state index in [2.05, 4.69) is 32.1 Å². The van der Waals surface area contributed by atoms with Crippen LogP contribution in [0.4, 0.5) is 0 Å². The Morgan fingerprint density at radius 3 is 2.89 bits per heavy atom. The summed E-state index contributed by atoms with van der Waals surface area (Å²) in [4.78, 5) is 4.80. The lowest BCUT2D eigenvalue weighted by Gasteiger charge is -2.14. The Hall–Kier alpha value is -1.48. The summed E-state index contributed by atoms with van der Waals surface area (Å²) >= 11 is 1.86. The first-order chi connectivity index (χ1) is 9.19. The number of methoxy groups -OCH3 is 1. The molecule has 0 N–H and O–H groups in total. The van der Waals surface area contributed by atoms with Crippen LogP contribution in [0.2, 0.25) is 0 Å². The number of aliphatic imine (C=N–C) groups is 1. The molecule has 0 spiro atoms. The molecule has 98 valence electrons. The zero-order valence-corrected chi connectivity index (χ0v) is 12.3. The zero-order chi connectivity index (χ0) is 13.4. The van der Waals surface area contributed by atoms with Crippen LogP contribution < -0.4 is 4.74 Å². The van der Waals surface area contributed by atoms with E-state index in [1.807, 2.05) is 23.9 Å². The number of nitrogens with zero attached hydrogens (tertiary/aromatic N) is 1. The molecule has 2 nitrogen and oxygen atoms in total. The number of ether oxygens (including phenoxy) is 1. The summed E-state index contributed by atoms with van der Waals surface area (Å²) in [6.45, 7) is 4.29. The van der Waals surface area contributed by atoms with E-state index >= 15 is 0 Å². The Morgan fingerprint density at radius 2 is 2.11 bits per heavy atom. The third kappa shape index (κ3) is 2.23. The lowest BCUT2D eigenvalue weighted by Crippen LogP contribution is -2.06. The molecule has 1 aromatic carbocycles. The molecule has 1 unspecified atom stereocenters. The molecule has 0 aromatic heterocycles. The molecule has 0 saturated heterocycles. The van der Waals surface area contributed by atoms with Gasteiger partial charge in [-0.3, -0.25) is 0 Å². The van der Waals surface area contributed by atoms with Crippen molar-refractivity contribution in [2.24, 2.45) is 4.99 Å². The highest BCUT2D eigenvalue weighted by molar-refractivity contribution is 8.15. The smallest absolute Gasteiger partial charge is 0.129 e. The first-order valence-corrected chi connectivity index (χ1v) is 7.33. The minimum Gasteiger partial charge on any atom is -0.496 e. The summed E-state index contributed by atoms with van der Waals surface area (Å²) in [6, 6.07) is 6.14. The van der Waals surface area contributed by atoms with E-state index in [4.69, 9.17) is 9.73 Å². The van der Waals surface area contributed by atoms with Crippen LogP contribution in [-0.2, 0) is 0 Å². The molecule has 0 bridgehead atoms. The van der Waals surface area contributed by atoms with Crippen LogP contribution in [0.1, 0.15) is 24.5 Å². The standard InChI is InChI=1S/C16H17NOS/c1-10-7-8-12-14(9-10)19-16(17-12)15-11(2)5-4-6-13(15)18-3/h4-8,14H,9H2,1-3H3. The predicted molar refractivity (Wildman–Crippen MR) is 82.1 cm³/mol. The molecule has 1 heterocycles. The number of thioether (sulfide) groups is 1. The number of allylic oxidation sites excluding steroid dienone is 3. The van der Waals surface area contributed by atoms with Crippen molar-refractivity contribution in [1.82, 2.24) is 0 Å². The third-order valence-corrected chi connectivity index (χ3v) is 4.74. The van der Waals surface area contributed by atoms with E-state index in [1.54, 1.807) is 7.11 Å². The lowest BCUT2D eigenvalue weighted by atomic mass is 10.0. The van der Waals surface area contributed by atoms with E-state index in [1.165, 1.54) is 16.8 Å². The first-order valence-electron chi connectivity index (χ1n) is 6.45. The fourth-order valence-electron chi connectivity index (χ4n) is 2.49. The average Bonchev–Trinajstić information content (AvgIpc) is 2.80. The largest absolute Gasteiger partial charge is 0.496 e. The molecule has 0 radical (unpaired) electrons. The van der Waals surface area contributed by atoms with Crippen molar-refractivity contribution >= 4 is 16.8 Å². The van der Waals surface area contributed by atoms with Gasteiger partial charge in [0.05, 0.1) is 23.6 Å². The highest BCUT2D eigenvalue weighted by Gasteiger charge is 2.29. The molecule has 19 heavy (non-hydrogen) atoms. The number of fused-ring (bicyclic) bond motifs is 1. The monoisotopic (exact) mass is 271 g/mol. The Labute approximate surface area is 118 Å². The number of rotatable bonds is 2. The van der Waals surface area contributed by atoms with Gasteiger partial charge in [-0.05, 0) is 38.0 Å². The number of benzene rings is 1. The number of aryl methyl sites for hydroxylation is 1. The van der Waals surface area contributed by atoms with Crippen molar-refractivity contribution in [3.63, 3.8) is 0 Å². The molecular formula is C16H17NOS. The van der Waals surface area contributed by atoms with E-state index < -0.39 is 0 Å². The van der Waals surface area contributed by atoms with Crippen LogP contribution in [-0.4, -0.2) is 17.4 Å². The van der Waals surface area contributed by atoms with Gasteiger partial charge in [0.25, 0.3) is 0 Å². The second-order valence-corrected chi connectivity index (χ2v) is 6.18. The van der Waals surface area contributed by atoms with Gasteiger partial charge >= 0.3 is 0 Å². The highest BCUT2D eigenvalue weighted by Crippen LogP contribution is 2.41. The van der Waals surface area contributed by atoms with Gasteiger partial charge in [0.1, 0.15) is 10.8 Å². The quantitative estimate of drug-likeness (QED) is 0.807. The van der Waals surface area contributed by atoms with Gasteiger partial charge in [0.15, 0.2) is 0 Å². The summed E-state index contributed by atoms with van der Waals surface area (Å²) in [5.74, 6) is 0.912. The van der Waals surface area contributed by atoms with E-state index in [-0.39, 0.29) is 0 Å². The van der Waals surface area contributed by atoms with Gasteiger partial charge in [-0.2, -0.15) is 0 Å².